The molecule has 0 fully saturated rings. The summed E-state index contributed by atoms with van der Waals surface area (Å²) in [5, 5.41) is 0. The normalized spacial score (nSPS) is 12.7. The lowest BCUT2D eigenvalue weighted by Gasteiger charge is -2.22. The molecule has 0 saturated heterocycles. The van der Waals surface area contributed by atoms with Crippen molar-refractivity contribution in [3.63, 3.8) is 0 Å². The second kappa shape index (κ2) is 7.34. The number of nitrogens with two attached hydrogens (primary N) is 1. The highest BCUT2D eigenvalue weighted by Crippen LogP contribution is 2.15. The Balaban J connectivity index is 2.71. The van der Waals surface area contributed by atoms with Gasteiger partial charge in [0.25, 0.3) is 0 Å². The van der Waals surface area contributed by atoms with Crippen LogP contribution in [-0.2, 0) is 13.0 Å². The first-order valence-corrected chi connectivity index (χ1v) is 7.13. The van der Waals surface area contributed by atoms with Crippen LogP contribution in [0.1, 0.15) is 32.9 Å². The van der Waals surface area contributed by atoms with Gasteiger partial charge in [0.05, 0.1) is 5.69 Å². The number of hydrogen-bond acceptors (Lipinski definition) is 3. The van der Waals surface area contributed by atoms with Crippen molar-refractivity contribution in [3.05, 3.63) is 24.5 Å². The minimum Gasteiger partial charge on any atom is -0.345 e. The van der Waals surface area contributed by atoms with Crippen molar-refractivity contribution in [2.75, 3.05) is 18.5 Å². The fraction of sp³-hybridized carbons (Fsp3) is 0.667. The highest BCUT2D eigenvalue weighted by atomic mass is 15.3. The average molecular weight is 264 g/mol. The van der Waals surface area contributed by atoms with Crippen LogP contribution < -0.4 is 10.6 Å². The Labute approximate surface area is 117 Å². The number of imidazole rings is 1. The van der Waals surface area contributed by atoms with Gasteiger partial charge in [0.2, 0.25) is 5.95 Å². The standard InChI is InChI=1S/C15H28N4/c1-6-9-19-11-13(7-2)17-15(19)18(5)10-8-14(16)12(3)4/h6,11-12,14H,1,7-10,16H2,2-5H3. The zero-order chi connectivity index (χ0) is 14.4. The van der Waals surface area contributed by atoms with Gasteiger partial charge in [-0.05, 0) is 18.8 Å². The van der Waals surface area contributed by atoms with Crippen LogP contribution >= 0.6 is 0 Å². The van der Waals surface area contributed by atoms with Gasteiger partial charge in [0.15, 0.2) is 0 Å². The molecule has 2 N–H and O–H groups in total. The lowest BCUT2D eigenvalue weighted by atomic mass is 10.0. The van der Waals surface area contributed by atoms with Crippen LogP contribution in [-0.4, -0.2) is 29.2 Å². The van der Waals surface area contributed by atoms with Crippen molar-refractivity contribution in [3.8, 4) is 0 Å². The maximum Gasteiger partial charge on any atom is 0.205 e. The first-order valence-electron chi connectivity index (χ1n) is 7.13. The summed E-state index contributed by atoms with van der Waals surface area (Å²) in [6.07, 6.45) is 5.95. The summed E-state index contributed by atoms with van der Waals surface area (Å²) in [6.45, 7) is 12.0. The van der Waals surface area contributed by atoms with Gasteiger partial charge in [0, 0.05) is 32.4 Å². The lowest BCUT2D eigenvalue weighted by Crippen LogP contribution is -2.32. The van der Waals surface area contributed by atoms with Gasteiger partial charge in [-0.1, -0.05) is 26.8 Å². The molecule has 1 heterocycles. The van der Waals surface area contributed by atoms with E-state index in [0.29, 0.717) is 5.92 Å². The van der Waals surface area contributed by atoms with Gasteiger partial charge in [-0.25, -0.2) is 4.98 Å². The summed E-state index contributed by atoms with van der Waals surface area (Å²) in [4.78, 5) is 6.86. The van der Waals surface area contributed by atoms with E-state index in [1.54, 1.807) is 0 Å². The van der Waals surface area contributed by atoms with E-state index >= 15 is 0 Å². The SMILES string of the molecule is C=CCn1cc(CC)nc1N(C)CCC(N)C(C)C. The van der Waals surface area contributed by atoms with Crippen LogP contribution in [0.25, 0.3) is 0 Å². The van der Waals surface area contributed by atoms with Gasteiger partial charge in [-0.2, -0.15) is 0 Å². The van der Waals surface area contributed by atoms with E-state index in [1.807, 2.05) is 6.08 Å². The Hall–Kier alpha value is -1.29. The fourth-order valence-electron chi connectivity index (χ4n) is 1.98. The topological polar surface area (TPSA) is 47.1 Å². The Kier molecular flexibility index (Phi) is 6.09. The molecule has 19 heavy (non-hydrogen) atoms. The Bertz CT molecular complexity index is 395. The quantitative estimate of drug-likeness (QED) is 0.734. The van der Waals surface area contributed by atoms with E-state index < -0.39 is 0 Å². The zero-order valence-electron chi connectivity index (χ0n) is 12.8. The molecule has 0 radical (unpaired) electrons. The van der Waals surface area contributed by atoms with Crippen molar-refractivity contribution >= 4 is 5.95 Å². The first kappa shape index (κ1) is 15.8. The number of hydrogen-bond donors (Lipinski definition) is 1. The number of rotatable bonds is 8. The molecule has 0 aliphatic heterocycles. The van der Waals surface area contributed by atoms with Crippen molar-refractivity contribution in [1.29, 1.82) is 0 Å². The monoisotopic (exact) mass is 264 g/mol. The van der Waals surface area contributed by atoms with Gasteiger partial charge in [-0.15, -0.1) is 6.58 Å². The van der Waals surface area contributed by atoms with Crippen LogP contribution in [0.3, 0.4) is 0 Å². The maximum atomic E-state index is 6.10. The van der Waals surface area contributed by atoms with Crippen molar-refractivity contribution in [2.24, 2.45) is 11.7 Å². The molecular weight excluding hydrogens is 236 g/mol. The molecule has 0 spiro atoms. The van der Waals surface area contributed by atoms with E-state index in [9.17, 15) is 0 Å². The lowest BCUT2D eigenvalue weighted by molar-refractivity contribution is 0.464. The molecule has 0 aliphatic carbocycles. The smallest absolute Gasteiger partial charge is 0.205 e. The molecule has 1 aromatic heterocycles. The summed E-state index contributed by atoms with van der Waals surface area (Å²) in [7, 11) is 2.08. The number of aromatic nitrogens is 2. The molecule has 1 atom stereocenters. The second-order valence-corrected chi connectivity index (χ2v) is 5.44. The minimum atomic E-state index is 0.246. The summed E-state index contributed by atoms with van der Waals surface area (Å²) < 4.78 is 2.15. The van der Waals surface area contributed by atoms with E-state index in [4.69, 9.17) is 5.73 Å². The summed E-state index contributed by atoms with van der Waals surface area (Å²) in [6, 6.07) is 0.246. The van der Waals surface area contributed by atoms with E-state index in [1.165, 1.54) is 0 Å². The Morgan fingerprint density at radius 1 is 1.53 bits per heavy atom. The molecule has 4 heteroatoms. The van der Waals surface area contributed by atoms with E-state index in [-0.39, 0.29) is 6.04 Å². The largest absolute Gasteiger partial charge is 0.345 e. The third kappa shape index (κ3) is 4.39. The van der Waals surface area contributed by atoms with Crippen LogP contribution in [0.15, 0.2) is 18.9 Å². The molecule has 0 bridgehead atoms. The highest BCUT2D eigenvalue weighted by Gasteiger charge is 2.13. The van der Waals surface area contributed by atoms with Crippen LogP contribution in [0, 0.1) is 5.92 Å². The third-order valence-corrected chi connectivity index (χ3v) is 3.49. The molecule has 0 saturated carbocycles. The third-order valence-electron chi connectivity index (χ3n) is 3.49. The van der Waals surface area contributed by atoms with Crippen molar-refractivity contribution in [2.45, 2.75) is 46.2 Å². The van der Waals surface area contributed by atoms with Crippen LogP contribution in [0.4, 0.5) is 5.95 Å². The average Bonchev–Trinajstić information content (AvgIpc) is 2.79. The summed E-state index contributed by atoms with van der Waals surface area (Å²) in [5.41, 5.74) is 7.22. The van der Waals surface area contributed by atoms with Gasteiger partial charge >= 0.3 is 0 Å². The molecular formula is C15H28N4. The summed E-state index contributed by atoms with van der Waals surface area (Å²) in [5.74, 6) is 1.53. The predicted molar refractivity (Wildman–Crippen MR) is 82.5 cm³/mol. The number of allylic oxidation sites excluding steroid dienone is 1. The van der Waals surface area contributed by atoms with E-state index in [0.717, 1.165) is 37.6 Å². The second-order valence-electron chi connectivity index (χ2n) is 5.44. The predicted octanol–water partition coefficient (Wildman–Crippen LogP) is 2.44. The molecule has 1 aromatic rings. The molecule has 0 aliphatic rings. The van der Waals surface area contributed by atoms with Crippen LogP contribution in [0.5, 0.6) is 0 Å². The fourth-order valence-corrected chi connectivity index (χ4v) is 1.98. The highest BCUT2D eigenvalue weighted by molar-refractivity contribution is 5.32. The maximum absolute atomic E-state index is 6.10. The molecule has 4 nitrogen and oxygen atoms in total. The van der Waals surface area contributed by atoms with Crippen LogP contribution in [0.2, 0.25) is 0 Å². The molecule has 0 aromatic carbocycles. The summed E-state index contributed by atoms with van der Waals surface area (Å²) >= 11 is 0. The van der Waals surface area contributed by atoms with E-state index in [2.05, 4.69) is 55.0 Å². The number of nitrogens with zero attached hydrogens (tertiary/aromatic N) is 3. The number of aryl methyl sites for hydroxylation is 1. The molecule has 1 rings (SSSR count). The Morgan fingerprint density at radius 2 is 2.21 bits per heavy atom. The Morgan fingerprint density at radius 3 is 2.74 bits per heavy atom. The number of anilines is 1. The van der Waals surface area contributed by atoms with Gasteiger partial charge in [-0.3, -0.25) is 0 Å². The van der Waals surface area contributed by atoms with Crippen molar-refractivity contribution in [1.82, 2.24) is 9.55 Å². The first-order chi connectivity index (χ1) is 8.99. The minimum absolute atomic E-state index is 0.246. The van der Waals surface area contributed by atoms with Crippen molar-refractivity contribution < 1.29 is 0 Å². The molecule has 108 valence electrons. The molecule has 1 unspecified atom stereocenters. The molecule has 0 amide bonds. The van der Waals surface area contributed by atoms with Gasteiger partial charge in [0.1, 0.15) is 0 Å². The van der Waals surface area contributed by atoms with Gasteiger partial charge < -0.3 is 15.2 Å². The zero-order valence-corrected chi connectivity index (χ0v) is 12.8.